The van der Waals surface area contributed by atoms with Crippen molar-refractivity contribution < 1.29 is 9.21 Å². The van der Waals surface area contributed by atoms with Crippen LogP contribution < -0.4 is 0 Å². The highest BCUT2D eigenvalue weighted by molar-refractivity contribution is 6.33. The van der Waals surface area contributed by atoms with Crippen LogP contribution in [0.5, 0.6) is 0 Å². The van der Waals surface area contributed by atoms with Gasteiger partial charge in [0.25, 0.3) is 0 Å². The summed E-state index contributed by atoms with van der Waals surface area (Å²) >= 11 is 6.01. The van der Waals surface area contributed by atoms with E-state index in [-0.39, 0.29) is 0 Å². The SMILES string of the molecule is Cc1oc(C=O)cc1-c1cnccc1Cl. The number of carbonyl (C=O) groups excluding carboxylic acids is 1. The summed E-state index contributed by atoms with van der Waals surface area (Å²) in [5.74, 6) is 0.953. The average molecular weight is 222 g/mol. The number of hydrogen-bond donors (Lipinski definition) is 0. The maximum absolute atomic E-state index is 10.5. The number of hydrogen-bond acceptors (Lipinski definition) is 3. The molecule has 0 spiro atoms. The Morgan fingerprint density at radius 3 is 2.87 bits per heavy atom. The third-order valence-corrected chi connectivity index (χ3v) is 2.44. The van der Waals surface area contributed by atoms with E-state index in [0.717, 1.165) is 11.1 Å². The van der Waals surface area contributed by atoms with Gasteiger partial charge in [0.1, 0.15) is 5.76 Å². The molecule has 2 rings (SSSR count). The van der Waals surface area contributed by atoms with Gasteiger partial charge in [0.05, 0.1) is 5.02 Å². The molecule has 0 saturated heterocycles. The van der Waals surface area contributed by atoms with Gasteiger partial charge in [-0.3, -0.25) is 9.78 Å². The molecule has 0 radical (unpaired) electrons. The second kappa shape index (κ2) is 3.87. The molecular weight excluding hydrogens is 214 g/mol. The number of aromatic nitrogens is 1. The number of carbonyl (C=O) groups is 1. The van der Waals surface area contributed by atoms with Crippen LogP contribution in [0, 0.1) is 6.92 Å². The lowest BCUT2D eigenvalue weighted by molar-refractivity contribution is 0.109. The third kappa shape index (κ3) is 1.78. The predicted octanol–water partition coefficient (Wildman–Crippen LogP) is 3.12. The van der Waals surface area contributed by atoms with Crippen LogP contribution in [0.2, 0.25) is 5.02 Å². The molecule has 0 fully saturated rings. The van der Waals surface area contributed by atoms with Gasteiger partial charge in [0.2, 0.25) is 0 Å². The monoisotopic (exact) mass is 221 g/mol. The van der Waals surface area contributed by atoms with Crippen molar-refractivity contribution in [3.05, 3.63) is 41.1 Å². The first kappa shape index (κ1) is 9.93. The molecule has 0 N–H and O–H groups in total. The van der Waals surface area contributed by atoms with E-state index in [0.29, 0.717) is 22.8 Å². The van der Waals surface area contributed by atoms with E-state index in [4.69, 9.17) is 16.0 Å². The number of furan rings is 1. The first-order valence-corrected chi connectivity index (χ1v) is 4.75. The lowest BCUT2D eigenvalue weighted by atomic mass is 10.1. The van der Waals surface area contributed by atoms with Crippen LogP contribution in [-0.4, -0.2) is 11.3 Å². The highest BCUT2D eigenvalue weighted by Gasteiger charge is 2.11. The Morgan fingerprint density at radius 1 is 1.47 bits per heavy atom. The minimum Gasteiger partial charge on any atom is -0.458 e. The second-order valence-corrected chi connectivity index (χ2v) is 3.50. The van der Waals surface area contributed by atoms with Gasteiger partial charge in [-0.1, -0.05) is 11.6 Å². The molecule has 2 aromatic rings. The van der Waals surface area contributed by atoms with E-state index in [2.05, 4.69) is 4.98 Å². The number of rotatable bonds is 2. The standard InChI is InChI=1S/C11H8ClNO2/c1-7-9(4-8(6-14)15-7)10-5-13-3-2-11(10)12/h2-6H,1H3. The molecule has 0 unspecified atom stereocenters. The average Bonchev–Trinajstić information content (AvgIpc) is 2.60. The molecule has 0 bridgehead atoms. The Hall–Kier alpha value is -1.61. The minimum absolute atomic E-state index is 0.294. The van der Waals surface area contributed by atoms with Crippen molar-refractivity contribution in [3.8, 4) is 11.1 Å². The van der Waals surface area contributed by atoms with Crippen molar-refractivity contribution in [1.29, 1.82) is 0 Å². The molecule has 76 valence electrons. The zero-order valence-corrected chi connectivity index (χ0v) is 8.78. The molecule has 0 saturated carbocycles. The topological polar surface area (TPSA) is 43.1 Å². The van der Waals surface area contributed by atoms with Gasteiger partial charge in [-0.25, -0.2) is 0 Å². The summed E-state index contributed by atoms with van der Waals surface area (Å²) in [7, 11) is 0. The van der Waals surface area contributed by atoms with E-state index in [1.54, 1.807) is 31.5 Å². The number of aryl methyl sites for hydroxylation is 1. The van der Waals surface area contributed by atoms with Gasteiger partial charge < -0.3 is 4.42 Å². The molecule has 4 heteroatoms. The largest absolute Gasteiger partial charge is 0.458 e. The first-order chi connectivity index (χ1) is 7.22. The Labute approximate surface area is 91.7 Å². The van der Waals surface area contributed by atoms with Crippen molar-refractivity contribution in [1.82, 2.24) is 4.98 Å². The summed E-state index contributed by atoms with van der Waals surface area (Å²) in [5.41, 5.74) is 1.57. The maximum atomic E-state index is 10.5. The van der Waals surface area contributed by atoms with Crippen LogP contribution in [0.3, 0.4) is 0 Å². The summed E-state index contributed by atoms with van der Waals surface area (Å²) in [4.78, 5) is 14.5. The molecule has 0 atom stereocenters. The molecule has 0 aliphatic rings. The Bertz CT molecular complexity index is 505. The number of nitrogens with zero attached hydrogens (tertiary/aromatic N) is 1. The van der Waals surface area contributed by atoms with E-state index >= 15 is 0 Å². The van der Waals surface area contributed by atoms with E-state index < -0.39 is 0 Å². The van der Waals surface area contributed by atoms with Gasteiger partial charge >= 0.3 is 0 Å². The molecule has 0 aromatic carbocycles. The van der Waals surface area contributed by atoms with Crippen molar-refractivity contribution in [2.75, 3.05) is 0 Å². The molecule has 2 heterocycles. The van der Waals surface area contributed by atoms with E-state index in [1.807, 2.05) is 0 Å². The summed E-state index contributed by atoms with van der Waals surface area (Å²) in [6.45, 7) is 1.78. The fourth-order valence-electron chi connectivity index (χ4n) is 1.41. The van der Waals surface area contributed by atoms with Crippen LogP contribution >= 0.6 is 11.6 Å². The third-order valence-electron chi connectivity index (χ3n) is 2.11. The van der Waals surface area contributed by atoms with Crippen LogP contribution in [0.4, 0.5) is 0 Å². The zero-order valence-electron chi connectivity index (χ0n) is 8.03. The first-order valence-electron chi connectivity index (χ1n) is 4.38. The molecular formula is C11H8ClNO2. The molecule has 0 amide bonds. The summed E-state index contributed by atoms with van der Waals surface area (Å²) < 4.78 is 5.22. The van der Waals surface area contributed by atoms with Crippen LogP contribution in [0.1, 0.15) is 16.3 Å². The van der Waals surface area contributed by atoms with Gasteiger partial charge in [0.15, 0.2) is 12.0 Å². The van der Waals surface area contributed by atoms with Gasteiger partial charge in [0, 0.05) is 23.5 Å². The molecule has 0 aliphatic carbocycles. The number of pyridine rings is 1. The molecule has 0 aliphatic heterocycles. The Kier molecular flexibility index (Phi) is 2.56. The molecule has 3 nitrogen and oxygen atoms in total. The zero-order chi connectivity index (χ0) is 10.8. The second-order valence-electron chi connectivity index (χ2n) is 3.09. The van der Waals surface area contributed by atoms with Crippen molar-refractivity contribution in [2.45, 2.75) is 6.92 Å². The van der Waals surface area contributed by atoms with Crippen molar-refractivity contribution in [2.24, 2.45) is 0 Å². The Morgan fingerprint density at radius 2 is 2.27 bits per heavy atom. The normalized spacial score (nSPS) is 10.3. The maximum Gasteiger partial charge on any atom is 0.185 e. The van der Waals surface area contributed by atoms with Crippen LogP contribution in [0.25, 0.3) is 11.1 Å². The highest BCUT2D eigenvalue weighted by atomic mass is 35.5. The van der Waals surface area contributed by atoms with Crippen LogP contribution in [-0.2, 0) is 0 Å². The summed E-state index contributed by atoms with van der Waals surface area (Å²) in [6, 6.07) is 3.36. The van der Waals surface area contributed by atoms with Gasteiger partial charge in [-0.15, -0.1) is 0 Å². The number of halogens is 1. The fourth-order valence-corrected chi connectivity index (χ4v) is 1.61. The van der Waals surface area contributed by atoms with Crippen molar-refractivity contribution >= 4 is 17.9 Å². The summed E-state index contributed by atoms with van der Waals surface area (Å²) in [6.07, 6.45) is 3.93. The highest BCUT2D eigenvalue weighted by Crippen LogP contribution is 2.31. The van der Waals surface area contributed by atoms with Crippen molar-refractivity contribution in [3.63, 3.8) is 0 Å². The van der Waals surface area contributed by atoms with E-state index in [1.165, 1.54) is 0 Å². The molecule has 2 aromatic heterocycles. The summed E-state index contributed by atoms with van der Waals surface area (Å²) in [5, 5.41) is 0.589. The lowest BCUT2D eigenvalue weighted by Crippen LogP contribution is -1.80. The lowest BCUT2D eigenvalue weighted by Gasteiger charge is -2.00. The Balaban J connectivity index is 2.58. The number of aldehydes is 1. The predicted molar refractivity (Wildman–Crippen MR) is 57.1 cm³/mol. The smallest absolute Gasteiger partial charge is 0.185 e. The quantitative estimate of drug-likeness (QED) is 0.732. The molecule has 15 heavy (non-hydrogen) atoms. The van der Waals surface area contributed by atoms with Crippen LogP contribution in [0.15, 0.2) is 28.9 Å². The fraction of sp³-hybridized carbons (Fsp3) is 0.0909. The minimum atomic E-state index is 0.294. The van der Waals surface area contributed by atoms with Gasteiger partial charge in [-0.05, 0) is 19.1 Å². The van der Waals surface area contributed by atoms with E-state index in [9.17, 15) is 4.79 Å². The van der Waals surface area contributed by atoms with Gasteiger partial charge in [-0.2, -0.15) is 0 Å².